The van der Waals surface area contributed by atoms with Crippen LogP contribution in [0.25, 0.3) is 0 Å². The van der Waals surface area contributed by atoms with Gasteiger partial charge in [0.15, 0.2) is 14.9 Å². The lowest BCUT2D eigenvalue weighted by Gasteiger charge is -2.13. The Labute approximate surface area is 100 Å². The van der Waals surface area contributed by atoms with E-state index in [2.05, 4.69) is 4.98 Å². The van der Waals surface area contributed by atoms with Gasteiger partial charge in [0, 0.05) is 20.4 Å². The summed E-state index contributed by atoms with van der Waals surface area (Å²) in [6, 6.07) is 3.01. The number of carbonyl (C=O) groups excluding carboxylic acids is 1. The molecule has 0 aliphatic rings. The Kier molecular flexibility index (Phi) is 3.72. The standard InChI is InChI=1S/C10H15N3O3S/c1-13(2)9-5-7(4-8(11)14)6-10(12-9)17(3,15)16/h5-6H,4H2,1-3H3,(H2,11,14). The Balaban J connectivity index is 3.34. The van der Waals surface area contributed by atoms with Crippen LogP contribution in [0, 0.1) is 0 Å². The molecule has 6 nitrogen and oxygen atoms in total. The predicted molar refractivity (Wildman–Crippen MR) is 64.6 cm³/mol. The molecular formula is C10H15N3O3S. The second-order valence-electron chi connectivity index (χ2n) is 3.98. The summed E-state index contributed by atoms with van der Waals surface area (Å²) in [4.78, 5) is 16.5. The van der Waals surface area contributed by atoms with E-state index in [0.29, 0.717) is 11.4 Å². The molecular weight excluding hydrogens is 242 g/mol. The van der Waals surface area contributed by atoms with Crippen LogP contribution in [-0.2, 0) is 21.1 Å². The molecule has 0 radical (unpaired) electrons. The van der Waals surface area contributed by atoms with Gasteiger partial charge in [0.2, 0.25) is 5.91 Å². The first kappa shape index (κ1) is 13.4. The maximum absolute atomic E-state index is 11.4. The van der Waals surface area contributed by atoms with Crippen molar-refractivity contribution in [1.29, 1.82) is 0 Å². The number of aromatic nitrogens is 1. The fourth-order valence-corrected chi connectivity index (χ4v) is 1.89. The molecule has 0 aliphatic carbocycles. The van der Waals surface area contributed by atoms with E-state index < -0.39 is 15.7 Å². The second kappa shape index (κ2) is 4.70. The lowest BCUT2D eigenvalue weighted by atomic mass is 10.2. The lowest BCUT2D eigenvalue weighted by molar-refractivity contribution is -0.117. The smallest absolute Gasteiger partial charge is 0.221 e. The molecule has 7 heteroatoms. The molecule has 0 spiro atoms. The molecule has 0 aromatic carbocycles. The van der Waals surface area contributed by atoms with E-state index in [1.165, 1.54) is 6.07 Å². The monoisotopic (exact) mass is 257 g/mol. The fourth-order valence-electron chi connectivity index (χ4n) is 1.27. The third-order valence-electron chi connectivity index (χ3n) is 2.06. The van der Waals surface area contributed by atoms with E-state index in [-0.39, 0.29) is 11.4 Å². The number of nitrogens with two attached hydrogens (primary N) is 1. The van der Waals surface area contributed by atoms with Gasteiger partial charge in [-0.3, -0.25) is 4.79 Å². The molecule has 0 saturated carbocycles. The number of anilines is 1. The zero-order valence-electron chi connectivity index (χ0n) is 9.97. The summed E-state index contributed by atoms with van der Waals surface area (Å²) in [6.45, 7) is 0. The van der Waals surface area contributed by atoms with Gasteiger partial charge in [0.1, 0.15) is 5.82 Å². The highest BCUT2D eigenvalue weighted by Crippen LogP contribution is 2.16. The van der Waals surface area contributed by atoms with Crippen LogP contribution in [0.5, 0.6) is 0 Å². The summed E-state index contributed by atoms with van der Waals surface area (Å²) in [7, 11) is 0.0700. The molecule has 0 atom stereocenters. The second-order valence-corrected chi connectivity index (χ2v) is 5.94. The largest absolute Gasteiger partial charge is 0.369 e. The summed E-state index contributed by atoms with van der Waals surface area (Å²) in [6.07, 6.45) is 1.06. The number of sulfone groups is 1. The first-order valence-electron chi connectivity index (χ1n) is 4.87. The topological polar surface area (TPSA) is 93.4 Å². The molecule has 2 N–H and O–H groups in total. The molecule has 1 aromatic heterocycles. The number of primary amides is 1. The van der Waals surface area contributed by atoms with Crippen LogP contribution in [0.2, 0.25) is 0 Å². The molecule has 1 amide bonds. The first-order chi connectivity index (χ1) is 7.70. The number of amides is 1. The first-order valence-corrected chi connectivity index (χ1v) is 6.76. The van der Waals surface area contributed by atoms with E-state index in [1.54, 1.807) is 25.1 Å². The van der Waals surface area contributed by atoms with Crippen molar-refractivity contribution in [3.8, 4) is 0 Å². The summed E-state index contributed by atoms with van der Waals surface area (Å²) in [5, 5.41) is -0.0556. The summed E-state index contributed by atoms with van der Waals surface area (Å²) >= 11 is 0. The molecule has 1 aromatic rings. The number of carbonyl (C=O) groups is 1. The fraction of sp³-hybridized carbons (Fsp3) is 0.400. The van der Waals surface area contributed by atoms with Gasteiger partial charge >= 0.3 is 0 Å². The molecule has 94 valence electrons. The number of pyridine rings is 1. The number of hydrogen-bond donors (Lipinski definition) is 1. The van der Waals surface area contributed by atoms with E-state index in [0.717, 1.165) is 6.26 Å². The molecule has 0 aliphatic heterocycles. The highest BCUT2D eigenvalue weighted by molar-refractivity contribution is 7.90. The van der Waals surface area contributed by atoms with Gasteiger partial charge in [0.25, 0.3) is 0 Å². The molecule has 0 unspecified atom stereocenters. The summed E-state index contributed by atoms with van der Waals surface area (Å²) in [5.41, 5.74) is 5.63. The maximum Gasteiger partial charge on any atom is 0.221 e. The van der Waals surface area contributed by atoms with Gasteiger partial charge in [-0.05, 0) is 17.7 Å². The maximum atomic E-state index is 11.4. The quantitative estimate of drug-likeness (QED) is 0.790. The third kappa shape index (κ3) is 3.70. The van der Waals surface area contributed by atoms with Crippen LogP contribution < -0.4 is 10.6 Å². The average Bonchev–Trinajstić information content (AvgIpc) is 2.14. The highest BCUT2D eigenvalue weighted by Gasteiger charge is 2.13. The van der Waals surface area contributed by atoms with Crippen LogP contribution in [0.4, 0.5) is 5.82 Å². The lowest BCUT2D eigenvalue weighted by Crippen LogP contribution is -2.17. The normalized spacial score (nSPS) is 11.2. The van der Waals surface area contributed by atoms with Crippen molar-refractivity contribution >= 4 is 21.6 Å². The van der Waals surface area contributed by atoms with E-state index in [4.69, 9.17) is 5.73 Å². The van der Waals surface area contributed by atoms with Crippen LogP contribution >= 0.6 is 0 Å². The van der Waals surface area contributed by atoms with Crippen LogP contribution in [0.3, 0.4) is 0 Å². The van der Waals surface area contributed by atoms with Gasteiger partial charge in [-0.15, -0.1) is 0 Å². The van der Waals surface area contributed by atoms with Gasteiger partial charge in [-0.2, -0.15) is 0 Å². The minimum atomic E-state index is -3.41. The Hall–Kier alpha value is -1.63. The van der Waals surface area contributed by atoms with Crippen molar-refractivity contribution in [2.75, 3.05) is 25.3 Å². The van der Waals surface area contributed by atoms with Crippen LogP contribution in [-0.4, -0.2) is 39.7 Å². The van der Waals surface area contributed by atoms with Crippen molar-refractivity contribution in [1.82, 2.24) is 4.98 Å². The molecule has 0 saturated heterocycles. The Morgan fingerprint density at radius 1 is 1.41 bits per heavy atom. The van der Waals surface area contributed by atoms with Crippen LogP contribution in [0.15, 0.2) is 17.2 Å². The minimum Gasteiger partial charge on any atom is -0.369 e. The Morgan fingerprint density at radius 2 is 2.00 bits per heavy atom. The highest BCUT2D eigenvalue weighted by atomic mass is 32.2. The number of hydrogen-bond acceptors (Lipinski definition) is 5. The average molecular weight is 257 g/mol. The summed E-state index contributed by atoms with van der Waals surface area (Å²) in [5.74, 6) is -0.0375. The van der Waals surface area contributed by atoms with Crippen molar-refractivity contribution in [3.63, 3.8) is 0 Å². The van der Waals surface area contributed by atoms with Gasteiger partial charge in [-0.1, -0.05) is 0 Å². The van der Waals surface area contributed by atoms with Crippen LogP contribution in [0.1, 0.15) is 5.56 Å². The predicted octanol–water partition coefficient (Wildman–Crippen LogP) is -0.421. The Morgan fingerprint density at radius 3 is 2.41 bits per heavy atom. The molecule has 0 fully saturated rings. The Bertz CT molecular complexity index is 538. The van der Waals surface area contributed by atoms with E-state index in [1.807, 2.05) is 0 Å². The van der Waals surface area contributed by atoms with Gasteiger partial charge in [-0.25, -0.2) is 13.4 Å². The zero-order valence-corrected chi connectivity index (χ0v) is 10.8. The van der Waals surface area contributed by atoms with E-state index >= 15 is 0 Å². The third-order valence-corrected chi connectivity index (χ3v) is 3.03. The molecule has 0 bridgehead atoms. The SMILES string of the molecule is CN(C)c1cc(CC(N)=O)cc(S(C)(=O)=O)n1. The molecule has 17 heavy (non-hydrogen) atoms. The number of rotatable bonds is 4. The summed E-state index contributed by atoms with van der Waals surface area (Å²) < 4.78 is 22.9. The minimum absolute atomic E-state index is 0.00806. The van der Waals surface area contributed by atoms with Crippen molar-refractivity contribution in [3.05, 3.63) is 17.7 Å². The van der Waals surface area contributed by atoms with E-state index in [9.17, 15) is 13.2 Å². The zero-order chi connectivity index (χ0) is 13.2. The van der Waals surface area contributed by atoms with Crippen molar-refractivity contribution in [2.24, 2.45) is 5.73 Å². The molecule has 1 rings (SSSR count). The van der Waals surface area contributed by atoms with Gasteiger partial charge < -0.3 is 10.6 Å². The molecule has 1 heterocycles. The number of nitrogens with zero attached hydrogens (tertiary/aromatic N) is 2. The van der Waals surface area contributed by atoms with Crippen molar-refractivity contribution < 1.29 is 13.2 Å². The van der Waals surface area contributed by atoms with Gasteiger partial charge in [0.05, 0.1) is 6.42 Å². The van der Waals surface area contributed by atoms with Crippen molar-refractivity contribution in [2.45, 2.75) is 11.4 Å².